The number of hydrogen-bond donors (Lipinski definition) is 0. The molecule has 0 spiro atoms. The number of ether oxygens (including phenoxy) is 2. The molecule has 1 aromatic carbocycles. The van der Waals surface area contributed by atoms with Crippen LogP contribution < -0.4 is 0 Å². The van der Waals surface area contributed by atoms with Crippen molar-refractivity contribution >= 4 is 23.5 Å². The van der Waals surface area contributed by atoms with Crippen LogP contribution in [0.25, 0.3) is 0 Å². The Bertz CT molecular complexity index is 1060. The van der Waals surface area contributed by atoms with E-state index in [0.29, 0.717) is 30.4 Å². The molecule has 4 atom stereocenters. The van der Waals surface area contributed by atoms with Crippen LogP contribution in [-0.4, -0.2) is 35.2 Å². The third-order valence-electron chi connectivity index (χ3n) is 7.28. The van der Waals surface area contributed by atoms with Gasteiger partial charge in [-0.15, -0.1) is 0 Å². The number of fused-ring (bicyclic) bond motifs is 1. The van der Waals surface area contributed by atoms with Gasteiger partial charge in [0, 0.05) is 25.2 Å². The minimum Gasteiger partial charge on any atom is -0.458 e. The zero-order valence-electron chi connectivity index (χ0n) is 21.6. The van der Waals surface area contributed by atoms with Gasteiger partial charge in [-0.25, -0.2) is 4.79 Å². The van der Waals surface area contributed by atoms with Gasteiger partial charge in [-0.2, -0.15) is 0 Å². The summed E-state index contributed by atoms with van der Waals surface area (Å²) in [7, 11) is 0. The lowest BCUT2D eigenvalue weighted by Gasteiger charge is -2.34. The van der Waals surface area contributed by atoms with Crippen molar-refractivity contribution in [3.63, 3.8) is 0 Å². The Kier molecular flexibility index (Phi) is 7.83. The lowest BCUT2D eigenvalue weighted by Crippen LogP contribution is -2.48. The maximum atomic E-state index is 13.9. The average molecular weight is 481 g/mol. The lowest BCUT2D eigenvalue weighted by atomic mass is 9.77. The molecule has 0 radical (unpaired) electrons. The second-order valence-electron chi connectivity index (χ2n) is 10.7. The molecule has 6 nitrogen and oxygen atoms in total. The van der Waals surface area contributed by atoms with Crippen LogP contribution in [0.1, 0.15) is 77.6 Å². The van der Waals surface area contributed by atoms with Gasteiger partial charge in [0.05, 0.1) is 11.5 Å². The molecule has 0 aliphatic heterocycles. The number of esters is 2. The molecule has 2 aliphatic carbocycles. The van der Waals surface area contributed by atoms with Crippen LogP contribution in [-0.2, 0) is 23.9 Å². The molecule has 0 aromatic heterocycles. The van der Waals surface area contributed by atoms with E-state index in [0.717, 1.165) is 5.57 Å². The minimum absolute atomic E-state index is 0.125. The number of hydrogen-bond acceptors (Lipinski definition) is 6. The molecule has 1 saturated carbocycles. The van der Waals surface area contributed by atoms with Crippen molar-refractivity contribution in [1.29, 1.82) is 0 Å². The molecule has 2 aliphatic rings. The van der Waals surface area contributed by atoms with Crippen molar-refractivity contribution < 1.29 is 28.7 Å². The third kappa shape index (κ3) is 5.63. The number of ketones is 2. The summed E-state index contributed by atoms with van der Waals surface area (Å²) in [6.07, 6.45) is 4.50. The number of carbonyl (C=O) groups excluding carboxylic acids is 4. The second kappa shape index (κ2) is 10.3. The largest absolute Gasteiger partial charge is 0.458 e. The minimum atomic E-state index is -1.48. The third-order valence-corrected chi connectivity index (χ3v) is 7.28. The molecule has 0 amide bonds. The molecule has 0 bridgehead atoms. The highest BCUT2D eigenvalue weighted by Crippen LogP contribution is 2.48. The number of allylic oxidation sites excluding steroid dienone is 2. The second-order valence-corrected chi connectivity index (χ2v) is 10.7. The lowest BCUT2D eigenvalue weighted by molar-refractivity contribution is -0.168. The van der Waals surface area contributed by atoms with E-state index in [-0.39, 0.29) is 23.9 Å². The molecule has 35 heavy (non-hydrogen) atoms. The van der Waals surface area contributed by atoms with E-state index in [1.165, 1.54) is 6.92 Å². The Labute approximate surface area is 207 Å². The molecular formula is C29H36O6. The summed E-state index contributed by atoms with van der Waals surface area (Å²) in [5.74, 6) is -2.15. The summed E-state index contributed by atoms with van der Waals surface area (Å²) in [4.78, 5) is 52.1. The van der Waals surface area contributed by atoms with Gasteiger partial charge in [0.25, 0.3) is 0 Å². The first-order valence-corrected chi connectivity index (χ1v) is 12.2. The van der Waals surface area contributed by atoms with Gasteiger partial charge in [0.1, 0.15) is 11.9 Å². The van der Waals surface area contributed by atoms with Crippen LogP contribution in [0.5, 0.6) is 0 Å². The zero-order valence-corrected chi connectivity index (χ0v) is 21.6. The first-order chi connectivity index (χ1) is 16.4. The summed E-state index contributed by atoms with van der Waals surface area (Å²) in [6.45, 7) is 10.6. The van der Waals surface area contributed by atoms with E-state index < -0.39 is 35.0 Å². The smallest absolute Gasteiger partial charge is 0.338 e. The quantitative estimate of drug-likeness (QED) is 0.425. The van der Waals surface area contributed by atoms with Crippen molar-refractivity contribution in [2.75, 3.05) is 0 Å². The SMILES string of the molecule is CC(=O)O[C@]12C[C@@H](C)[C@H](OC(=O)c3ccccc3)[C@@H]1C=C(C)CCC(=O)C(C)(C)CC=C(C)C2=O. The number of Topliss-reactive ketones (excluding diaryl/α,β-unsaturated/α-hetero) is 2. The number of benzene rings is 1. The predicted octanol–water partition coefficient (Wildman–Crippen LogP) is 5.41. The highest BCUT2D eigenvalue weighted by Gasteiger charge is 2.60. The van der Waals surface area contributed by atoms with Crippen molar-refractivity contribution in [2.45, 2.75) is 78.9 Å². The Hall–Kier alpha value is -3.02. The van der Waals surface area contributed by atoms with Crippen molar-refractivity contribution in [3.05, 3.63) is 59.2 Å². The van der Waals surface area contributed by atoms with Gasteiger partial charge in [-0.3, -0.25) is 14.4 Å². The van der Waals surface area contributed by atoms with Crippen molar-refractivity contribution in [1.82, 2.24) is 0 Å². The van der Waals surface area contributed by atoms with E-state index in [2.05, 4.69) is 0 Å². The summed E-state index contributed by atoms with van der Waals surface area (Å²) in [5, 5.41) is 0. The molecule has 0 heterocycles. The molecule has 3 rings (SSSR count). The van der Waals surface area contributed by atoms with Gasteiger partial charge in [-0.05, 0) is 50.3 Å². The van der Waals surface area contributed by atoms with Crippen molar-refractivity contribution in [2.24, 2.45) is 17.3 Å². The predicted molar refractivity (Wildman–Crippen MR) is 133 cm³/mol. The first kappa shape index (κ1) is 26.6. The molecule has 0 N–H and O–H groups in total. The van der Waals surface area contributed by atoms with Crippen LogP contribution in [0.3, 0.4) is 0 Å². The molecule has 1 fully saturated rings. The summed E-state index contributed by atoms with van der Waals surface area (Å²) in [5.41, 5.74) is -0.353. The summed E-state index contributed by atoms with van der Waals surface area (Å²) >= 11 is 0. The fourth-order valence-electron chi connectivity index (χ4n) is 5.18. The summed E-state index contributed by atoms with van der Waals surface area (Å²) in [6, 6.07) is 8.68. The average Bonchev–Trinajstić information content (AvgIpc) is 3.05. The van der Waals surface area contributed by atoms with E-state index in [1.807, 2.05) is 39.8 Å². The Morgan fingerprint density at radius 2 is 1.69 bits per heavy atom. The van der Waals surface area contributed by atoms with E-state index in [1.54, 1.807) is 37.3 Å². The van der Waals surface area contributed by atoms with E-state index in [9.17, 15) is 19.2 Å². The standard InChI is InChI=1S/C29H36O6/c1-18-12-13-24(31)28(5,6)15-14-19(2)26(32)29(35-21(4)30)17-20(3)25(23(29)16-18)34-27(33)22-10-8-7-9-11-22/h7-11,14,16,20,23,25H,12-13,15,17H2,1-6H3/t20-,23+,25+,29-/m1/s1. The van der Waals surface area contributed by atoms with Crippen molar-refractivity contribution in [3.8, 4) is 0 Å². The fourth-order valence-corrected chi connectivity index (χ4v) is 5.18. The first-order valence-electron chi connectivity index (χ1n) is 12.2. The molecular weight excluding hydrogens is 444 g/mol. The number of carbonyl (C=O) groups is 4. The molecule has 1 aromatic rings. The van der Waals surface area contributed by atoms with Gasteiger partial charge in [-0.1, -0.05) is 56.7 Å². The fraction of sp³-hybridized carbons (Fsp3) is 0.517. The highest BCUT2D eigenvalue weighted by atomic mass is 16.6. The topological polar surface area (TPSA) is 86.7 Å². The Morgan fingerprint density at radius 3 is 2.31 bits per heavy atom. The normalized spacial score (nSPS) is 29.1. The maximum Gasteiger partial charge on any atom is 0.338 e. The Morgan fingerprint density at radius 1 is 1.03 bits per heavy atom. The molecule has 0 unspecified atom stereocenters. The molecule has 6 heteroatoms. The van der Waals surface area contributed by atoms with Crippen LogP contribution in [0.15, 0.2) is 53.6 Å². The van der Waals surface area contributed by atoms with Crippen LogP contribution in [0.2, 0.25) is 0 Å². The van der Waals surface area contributed by atoms with Gasteiger partial charge in [0.2, 0.25) is 5.78 Å². The molecule has 188 valence electrons. The molecule has 0 saturated heterocycles. The number of rotatable bonds is 3. The van der Waals surface area contributed by atoms with Gasteiger partial charge in [0.15, 0.2) is 5.60 Å². The van der Waals surface area contributed by atoms with Crippen LogP contribution in [0, 0.1) is 17.3 Å². The van der Waals surface area contributed by atoms with Gasteiger partial charge < -0.3 is 9.47 Å². The highest BCUT2D eigenvalue weighted by molar-refractivity contribution is 6.03. The Balaban J connectivity index is 2.11. The zero-order chi connectivity index (χ0) is 26.0. The monoisotopic (exact) mass is 480 g/mol. The van der Waals surface area contributed by atoms with Crippen LogP contribution in [0.4, 0.5) is 0 Å². The summed E-state index contributed by atoms with van der Waals surface area (Å²) < 4.78 is 11.8. The maximum absolute atomic E-state index is 13.9. The van der Waals surface area contributed by atoms with E-state index in [4.69, 9.17) is 9.47 Å². The van der Waals surface area contributed by atoms with Crippen LogP contribution >= 0.6 is 0 Å². The van der Waals surface area contributed by atoms with Gasteiger partial charge >= 0.3 is 11.9 Å². The van der Waals surface area contributed by atoms with E-state index >= 15 is 0 Å².